The molecule has 0 aliphatic rings. The molecular formula is C13H20N2O3. The molecule has 0 fully saturated rings. The first-order chi connectivity index (χ1) is 8.35. The van der Waals surface area contributed by atoms with Crippen LogP contribution in [0.5, 0.6) is 5.88 Å². The van der Waals surface area contributed by atoms with Gasteiger partial charge in [0, 0.05) is 24.2 Å². The second-order valence-electron chi connectivity index (χ2n) is 4.98. The van der Waals surface area contributed by atoms with Gasteiger partial charge in [-0.3, -0.25) is 0 Å². The highest BCUT2D eigenvalue weighted by Gasteiger charge is 2.10. The number of aryl methyl sites for hydroxylation is 2. The monoisotopic (exact) mass is 252 g/mol. The average Bonchev–Trinajstić information content (AvgIpc) is 2.31. The molecule has 0 spiro atoms. The maximum absolute atomic E-state index is 11.4. The van der Waals surface area contributed by atoms with E-state index < -0.39 is 0 Å². The lowest BCUT2D eigenvalue weighted by Crippen LogP contribution is -2.21. The number of aromatic nitrogens is 2. The summed E-state index contributed by atoms with van der Waals surface area (Å²) in [5, 5.41) is 9.07. The van der Waals surface area contributed by atoms with Crippen LogP contribution in [-0.4, -0.2) is 27.9 Å². The van der Waals surface area contributed by atoms with Crippen molar-refractivity contribution in [3.63, 3.8) is 0 Å². The van der Waals surface area contributed by atoms with E-state index in [0.717, 1.165) is 5.56 Å². The van der Waals surface area contributed by atoms with Crippen LogP contribution < -0.4 is 10.4 Å². The maximum Gasteiger partial charge on any atom is 0.350 e. The molecule has 0 saturated heterocycles. The summed E-state index contributed by atoms with van der Waals surface area (Å²) in [7, 11) is 1.65. The Morgan fingerprint density at radius 1 is 1.56 bits per heavy atom. The molecule has 0 radical (unpaired) electrons. The van der Waals surface area contributed by atoms with E-state index in [1.807, 2.05) is 32.9 Å². The lowest BCUT2D eigenvalue weighted by molar-refractivity contribution is 0.199. The van der Waals surface area contributed by atoms with Crippen molar-refractivity contribution in [3.8, 4) is 5.88 Å². The Morgan fingerprint density at radius 2 is 2.22 bits per heavy atom. The van der Waals surface area contributed by atoms with Gasteiger partial charge < -0.3 is 14.4 Å². The summed E-state index contributed by atoms with van der Waals surface area (Å²) in [4.78, 5) is 15.2. The third kappa shape index (κ3) is 4.00. The predicted molar refractivity (Wildman–Crippen MR) is 69.7 cm³/mol. The molecule has 1 rings (SSSR count). The van der Waals surface area contributed by atoms with Crippen molar-refractivity contribution in [2.45, 2.75) is 20.8 Å². The highest BCUT2D eigenvalue weighted by atomic mass is 16.5. The molecule has 0 aliphatic heterocycles. The Kier molecular flexibility index (Phi) is 4.67. The number of hydrogen-bond acceptors (Lipinski definition) is 4. The molecule has 0 amide bonds. The second kappa shape index (κ2) is 5.82. The van der Waals surface area contributed by atoms with Crippen molar-refractivity contribution >= 4 is 0 Å². The van der Waals surface area contributed by atoms with E-state index in [9.17, 15) is 4.79 Å². The van der Waals surface area contributed by atoms with Crippen LogP contribution in [0.4, 0.5) is 0 Å². The van der Waals surface area contributed by atoms with Crippen LogP contribution in [0.25, 0.3) is 0 Å². The van der Waals surface area contributed by atoms with Gasteiger partial charge in [-0.25, -0.2) is 4.79 Å². The van der Waals surface area contributed by atoms with E-state index in [1.165, 1.54) is 4.57 Å². The van der Waals surface area contributed by atoms with Crippen molar-refractivity contribution in [3.05, 3.63) is 34.4 Å². The highest BCUT2D eigenvalue weighted by molar-refractivity contribution is 5.20. The van der Waals surface area contributed by atoms with Gasteiger partial charge in [0.2, 0.25) is 5.88 Å². The van der Waals surface area contributed by atoms with Gasteiger partial charge in [0.15, 0.2) is 0 Å². The first-order valence-electron chi connectivity index (χ1n) is 5.81. The minimum Gasteiger partial charge on any atom is -0.473 e. The first kappa shape index (κ1) is 14.4. The topological polar surface area (TPSA) is 64.4 Å². The molecule has 5 heteroatoms. The van der Waals surface area contributed by atoms with E-state index in [0.29, 0.717) is 12.5 Å². The lowest BCUT2D eigenvalue weighted by atomic mass is 9.95. The van der Waals surface area contributed by atoms with E-state index in [4.69, 9.17) is 9.84 Å². The van der Waals surface area contributed by atoms with E-state index >= 15 is 0 Å². The van der Waals surface area contributed by atoms with Gasteiger partial charge in [0.25, 0.3) is 0 Å². The molecule has 1 aromatic rings. The lowest BCUT2D eigenvalue weighted by Gasteiger charge is -2.15. The van der Waals surface area contributed by atoms with Gasteiger partial charge in [-0.05, 0) is 6.92 Å². The Morgan fingerprint density at radius 3 is 2.83 bits per heavy atom. The van der Waals surface area contributed by atoms with E-state index in [-0.39, 0.29) is 17.7 Å². The summed E-state index contributed by atoms with van der Waals surface area (Å²) < 4.78 is 6.83. The molecule has 1 aromatic heterocycles. The molecule has 18 heavy (non-hydrogen) atoms. The number of nitrogens with zero attached hydrogens (tertiary/aromatic N) is 2. The van der Waals surface area contributed by atoms with Gasteiger partial charge >= 0.3 is 5.69 Å². The Hall–Kier alpha value is -1.62. The molecule has 0 aromatic carbocycles. The van der Waals surface area contributed by atoms with Crippen LogP contribution in [0.1, 0.15) is 19.4 Å². The summed E-state index contributed by atoms with van der Waals surface area (Å²) in [6, 6.07) is 0. The van der Waals surface area contributed by atoms with Gasteiger partial charge in [-0.15, -0.1) is 0 Å². The van der Waals surface area contributed by atoms with Crippen LogP contribution in [0, 0.1) is 12.3 Å². The largest absolute Gasteiger partial charge is 0.473 e. The molecule has 0 atom stereocenters. The first-order valence-corrected chi connectivity index (χ1v) is 5.81. The Bertz CT molecular complexity index is 489. The molecule has 1 N–H and O–H groups in total. The molecule has 0 unspecified atom stereocenters. The fourth-order valence-electron chi connectivity index (χ4n) is 1.35. The Labute approximate surface area is 107 Å². The van der Waals surface area contributed by atoms with Crippen LogP contribution in [0.2, 0.25) is 0 Å². The fraction of sp³-hybridized carbons (Fsp3) is 0.538. The number of hydrogen-bond donors (Lipinski definition) is 1. The highest BCUT2D eigenvalue weighted by Crippen LogP contribution is 2.15. The third-order valence-corrected chi connectivity index (χ3v) is 2.52. The summed E-state index contributed by atoms with van der Waals surface area (Å²) in [5.74, 6) is 0.351. The fourth-order valence-corrected chi connectivity index (χ4v) is 1.35. The van der Waals surface area contributed by atoms with Crippen molar-refractivity contribution in [1.82, 2.24) is 9.55 Å². The molecule has 1 heterocycles. The smallest absolute Gasteiger partial charge is 0.350 e. The van der Waals surface area contributed by atoms with Crippen molar-refractivity contribution in [2.75, 3.05) is 13.2 Å². The predicted octanol–water partition coefficient (Wildman–Crippen LogP) is 1.04. The molecule has 0 aliphatic carbocycles. The zero-order valence-electron chi connectivity index (χ0n) is 11.3. The standard InChI is InChI=1S/C13H20N2O3/c1-10-8-15(4)12(17)14-11(10)18-7-5-6-13(2,3)9-16/h5-6,8,16H,7,9H2,1-4H3/b6-5+. The molecule has 0 bridgehead atoms. The zero-order valence-corrected chi connectivity index (χ0v) is 11.3. The quantitative estimate of drug-likeness (QED) is 0.795. The summed E-state index contributed by atoms with van der Waals surface area (Å²) >= 11 is 0. The maximum atomic E-state index is 11.4. The van der Waals surface area contributed by atoms with Crippen molar-refractivity contribution in [2.24, 2.45) is 12.5 Å². The van der Waals surface area contributed by atoms with Gasteiger partial charge in [-0.1, -0.05) is 26.0 Å². The molecule has 100 valence electrons. The molecule has 0 saturated carbocycles. The second-order valence-corrected chi connectivity index (χ2v) is 4.98. The minimum absolute atomic E-state index is 0.0760. The van der Waals surface area contributed by atoms with E-state index in [1.54, 1.807) is 13.2 Å². The molecule has 5 nitrogen and oxygen atoms in total. The summed E-state index contributed by atoms with van der Waals surface area (Å²) in [6.07, 6.45) is 5.38. The van der Waals surface area contributed by atoms with Gasteiger partial charge in [-0.2, -0.15) is 4.98 Å². The number of aliphatic hydroxyl groups excluding tert-OH is 1. The minimum atomic E-state index is -0.338. The SMILES string of the molecule is Cc1cn(C)c(=O)nc1OC/C=C/C(C)(C)CO. The van der Waals surface area contributed by atoms with Gasteiger partial charge in [0.05, 0.1) is 6.61 Å². The number of ether oxygens (including phenoxy) is 1. The number of rotatable bonds is 5. The normalized spacial score (nSPS) is 12.1. The van der Waals surface area contributed by atoms with Crippen LogP contribution in [-0.2, 0) is 7.05 Å². The van der Waals surface area contributed by atoms with Gasteiger partial charge in [0.1, 0.15) is 6.61 Å². The van der Waals surface area contributed by atoms with E-state index in [2.05, 4.69) is 4.98 Å². The van der Waals surface area contributed by atoms with Crippen molar-refractivity contribution < 1.29 is 9.84 Å². The zero-order chi connectivity index (χ0) is 13.8. The van der Waals surface area contributed by atoms with Crippen LogP contribution >= 0.6 is 0 Å². The number of aliphatic hydroxyl groups is 1. The van der Waals surface area contributed by atoms with Crippen molar-refractivity contribution in [1.29, 1.82) is 0 Å². The Balaban J connectivity index is 2.65. The van der Waals surface area contributed by atoms with Crippen LogP contribution in [0.15, 0.2) is 23.1 Å². The van der Waals surface area contributed by atoms with Crippen LogP contribution in [0.3, 0.4) is 0 Å². The summed E-state index contributed by atoms with van der Waals surface area (Å²) in [5.41, 5.74) is 0.209. The summed E-state index contributed by atoms with van der Waals surface area (Å²) in [6.45, 7) is 6.08. The average molecular weight is 252 g/mol. The molecular weight excluding hydrogens is 232 g/mol. The third-order valence-electron chi connectivity index (χ3n) is 2.52.